The van der Waals surface area contributed by atoms with Crippen molar-refractivity contribution < 1.29 is 13.6 Å². The summed E-state index contributed by atoms with van der Waals surface area (Å²) in [6.07, 6.45) is -0.0809. The highest BCUT2D eigenvalue weighted by atomic mass is 32.2. The molecule has 0 radical (unpaired) electrons. The van der Waals surface area contributed by atoms with Crippen molar-refractivity contribution in [3.63, 3.8) is 0 Å². The monoisotopic (exact) mass is 292 g/mol. The van der Waals surface area contributed by atoms with Crippen LogP contribution in [-0.4, -0.2) is 11.5 Å². The second-order valence-corrected chi connectivity index (χ2v) is 5.58. The zero-order valence-electron chi connectivity index (χ0n) is 11.0. The number of thioether (sulfide) groups is 1. The number of benzene rings is 2. The van der Waals surface area contributed by atoms with Gasteiger partial charge in [-0.25, -0.2) is 8.78 Å². The number of carbonyl (C=O) groups is 1. The molecule has 0 aromatic heterocycles. The molecule has 0 fully saturated rings. The van der Waals surface area contributed by atoms with Crippen molar-refractivity contribution in [2.24, 2.45) is 0 Å². The third-order valence-corrected chi connectivity index (χ3v) is 3.91. The van der Waals surface area contributed by atoms with E-state index in [0.717, 1.165) is 16.5 Å². The van der Waals surface area contributed by atoms with E-state index in [2.05, 4.69) is 0 Å². The maximum absolute atomic E-state index is 13.4. The van der Waals surface area contributed by atoms with Crippen LogP contribution in [0.15, 0.2) is 47.4 Å². The Balaban J connectivity index is 1.92. The first-order valence-electron chi connectivity index (χ1n) is 6.20. The summed E-state index contributed by atoms with van der Waals surface area (Å²) < 4.78 is 26.5. The van der Waals surface area contributed by atoms with Gasteiger partial charge in [0, 0.05) is 11.3 Å². The van der Waals surface area contributed by atoms with Crippen LogP contribution < -0.4 is 0 Å². The van der Waals surface area contributed by atoms with E-state index in [4.69, 9.17) is 0 Å². The zero-order valence-corrected chi connectivity index (χ0v) is 11.8. The van der Waals surface area contributed by atoms with Gasteiger partial charge in [-0.2, -0.15) is 0 Å². The average molecular weight is 292 g/mol. The topological polar surface area (TPSA) is 17.1 Å². The van der Waals surface area contributed by atoms with Crippen LogP contribution in [0.4, 0.5) is 8.78 Å². The summed E-state index contributed by atoms with van der Waals surface area (Å²) in [6, 6.07) is 11.7. The van der Waals surface area contributed by atoms with E-state index in [0.29, 0.717) is 0 Å². The molecular weight excluding hydrogens is 278 g/mol. The average Bonchev–Trinajstić information content (AvgIpc) is 2.43. The summed E-state index contributed by atoms with van der Waals surface area (Å²) >= 11 is 1.40. The number of carbonyl (C=O) groups excluding carboxylic acids is 1. The molecule has 0 atom stereocenters. The highest BCUT2D eigenvalue weighted by molar-refractivity contribution is 8.00. The van der Waals surface area contributed by atoms with Crippen molar-refractivity contribution in [1.29, 1.82) is 0 Å². The second-order valence-electron chi connectivity index (χ2n) is 4.53. The number of aryl methyl sites for hydroxylation is 1. The maximum atomic E-state index is 13.4. The van der Waals surface area contributed by atoms with Gasteiger partial charge in [0.2, 0.25) is 0 Å². The van der Waals surface area contributed by atoms with Gasteiger partial charge in [-0.15, -0.1) is 11.8 Å². The predicted molar refractivity (Wildman–Crippen MR) is 77.0 cm³/mol. The van der Waals surface area contributed by atoms with Gasteiger partial charge in [0.25, 0.3) is 0 Å². The third-order valence-electron chi connectivity index (χ3n) is 2.84. The minimum atomic E-state index is -0.929. The summed E-state index contributed by atoms with van der Waals surface area (Å²) in [5, 5.41) is 0. The molecule has 2 rings (SSSR count). The van der Waals surface area contributed by atoms with Crippen LogP contribution in [0.3, 0.4) is 0 Å². The molecule has 0 aliphatic heterocycles. The summed E-state index contributed by atoms with van der Waals surface area (Å²) in [7, 11) is 0. The van der Waals surface area contributed by atoms with E-state index in [1.165, 1.54) is 23.9 Å². The largest absolute Gasteiger partial charge is 0.298 e. The number of Topliss-reactive ketones (excluding diaryl/α,β-unsaturated/α-hetero) is 1. The smallest absolute Gasteiger partial charge is 0.162 e. The van der Waals surface area contributed by atoms with Gasteiger partial charge in [-0.3, -0.25) is 4.79 Å². The number of halogens is 2. The van der Waals surface area contributed by atoms with Crippen LogP contribution in [0, 0.1) is 18.6 Å². The SMILES string of the molecule is Cc1ccc(SCC(=O)Cc2cccc(F)c2F)cc1. The van der Waals surface area contributed by atoms with Gasteiger partial charge < -0.3 is 0 Å². The Kier molecular flexibility index (Phi) is 4.90. The third kappa shape index (κ3) is 3.90. The van der Waals surface area contributed by atoms with Gasteiger partial charge in [0.15, 0.2) is 11.6 Å². The van der Waals surface area contributed by atoms with Crippen molar-refractivity contribution in [3.8, 4) is 0 Å². The molecular formula is C16H14F2OS. The van der Waals surface area contributed by atoms with Gasteiger partial charge >= 0.3 is 0 Å². The Morgan fingerprint density at radius 3 is 2.50 bits per heavy atom. The van der Waals surface area contributed by atoms with E-state index in [-0.39, 0.29) is 23.5 Å². The van der Waals surface area contributed by atoms with Crippen LogP contribution in [0.25, 0.3) is 0 Å². The fourth-order valence-electron chi connectivity index (χ4n) is 1.75. The van der Waals surface area contributed by atoms with Gasteiger partial charge in [-0.05, 0) is 30.7 Å². The van der Waals surface area contributed by atoms with Gasteiger partial charge in [0.1, 0.15) is 5.78 Å². The van der Waals surface area contributed by atoms with Crippen LogP contribution in [0.1, 0.15) is 11.1 Å². The fourth-order valence-corrected chi connectivity index (χ4v) is 2.51. The zero-order chi connectivity index (χ0) is 14.5. The number of ketones is 1. The number of rotatable bonds is 5. The Hall–Kier alpha value is -1.68. The van der Waals surface area contributed by atoms with E-state index in [1.807, 2.05) is 31.2 Å². The minimum Gasteiger partial charge on any atom is -0.298 e. The highest BCUT2D eigenvalue weighted by Crippen LogP contribution is 2.19. The molecule has 0 aliphatic rings. The van der Waals surface area contributed by atoms with E-state index in [9.17, 15) is 13.6 Å². The normalized spacial score (nSPS) is 10.6. The van der Waals surface area contributed by atoms with E-state index < -0.39 is 11.6 Å². The van der Waals surface area contributed by atoms with Crippen LogP contribution >= 0.6 is 11.8 Å². The molecule has 0 saturated carbocycles. The molecule has 104 valence electrons. The van der Waals surface area contributed by atoms with Crippen molar-refractivity contribution in [2.75, 3.05) is 5.75 Å². The quantitative estimate of drug-likeness (QED) is 0.769. The Morgan fingerprint density at radius 1 is 1.10 bits per heavy atom. The summed E-state index contributed by atoms with van der Waals surface area (Å²) in [5.74, 6) is -1.72. The molecule has 0 saturated heterocycles. The predicted octanol–water partition coefficient (Wildman–Crippen LogP) is 4.18. The minimum absolute atomic E-state index is 0.0809. The van der Waals surface area contributed by atoms with Gasteiger partial charge in [-0.1, -0.05) is 29.8 Å². The molecule has 2 aromatic rings. The lowest BCUT2D eigenvalue weighted by Gasteiger charge is -2.04. The standard InChI is InChI=1S/C16H14F2OS/c1-11-5-7-14(8-6-11)20-10-13(19)9-12-3-2-4-15(17)16(12)18/h2-8H,9-10H2,1H3. The summed E-state index contributed by atoms with van der Waals surface area (Å²) in [6.45, 7) is 1.99. The lowest BCUT2D eigenvalue weighted by Crippen LogP contribution is -2.08. The van der Waals surface area contributed by atoms with Crippen LogP contribution in [0.5, 0.6) is 0 Å². The second kappa shape index (κ2) is 6.66. The Morgan fingerprint density at radius 2 is 1.80 bits per heavy atom. The van der Waals surface area contributed by atoms with E-state index in [1.54, 1.807) is 0 Å². The Labute approximate surface area is 121 Å². The summed E-state index contributed by atoms with van der Waals surface area (Å²) in [4.78, 5) is 12.8. The molecule has 4 heteroatoms. The molecule has 1 nitrogen and oxygen atoms in total. The molecule has 0 bridgehead atoms. The molecule has 0 unspecified atom stereocenters. The lowest BCUT2D eigenvalue weighted by atomic mass is 10.1. The lowest BCUT2D eigenvalue weighted by molar-refractivity contribution is -0.116. The van der Waals surface area contributed by atoms with Crippen molar-refractivity contribution in [1.82, 2.24) is 0 Å². The molecule has 2 aromatic carbocycles. The van der Waals surface area contributed by atoms with E-state index >= 15 is 0 Å². The van der Waals surface area contributed by atoms with Crippen molar-refractivity contribution >= 4 is 17.5 Å². The first-order chi connectivity index (χ1) is 9.56. The Bertz CT molecular complexity index is 608. The van der Waals surface area contributed by atoms with Crippen LogP contribution in [0.2, 0.25) is 0 Å². The molecule has 20 heavy (non-hydrogen) atoms. The summed E-state index contributed by atoms with van der Waals surface area (Å²) in [5.41, 5.74) is 1.27. The molecule has 0 amide bonds. The van der Waals surface area contributed by atoms with Crippen molar-refractivity contribution in [3.05, 3.63) is 65.2 Å². The van der Waals surface area contributed by atoms with Crippen LogP contribution in [-0.2, 0) is 11.2 Å². The number of hydrogen-bond donors (Lipinski definition) is 0. The highest BCUT2D eigenvalue weighted by Gasteiger charge is 2.11. The maximum Gasteiger partial charge on any atom is 0.162 e. The molecule has 0 N–H and O–H groups in total. The molecule has 0 spiro atoms. The molecule has 0 heterocycles. The first kappa shape index (κ1) is 14.7. The fraction of sp³-hybridized carbons (Fsp3) is 0.188. The molecule has 0 aliphatic carbocycles. The van der Waals surface area contributed by atoms with Gasteiger partial charge in [0.05, 0.1) is 5.75 Å². The first-order valence-corrected chi connectivity index (χ1v) is 7.19. The number of hydrogen-bond acceptors (Lipinski definition) is 2. The van der Waals surface area contributed by atoms with Crippen molar-refractivity contribution in [2.45, 2.75) is 18.2 Å².